The molecular weight excluding hydrogens is 256 g/mol. The van der Waals surface area contributed by atoms with Crippen LogP contribution in [0.3, 0.4) is 0 Å². The van der Waals surface area contributed by atoms with Crippen LogP contribution in [0.4, 0.5) is 0 Å². The normalized spacial score (nSPS) is 14.2. The maximum atomic E-state index is 11.9. The van der Waals surface area contributed by atoms with Crippen LogP contribution in [0.5, 0.6) is 0 Å². The van der Waals surface area contributed by atoms with E-state index in [1.807, 2.05) is 24.3 Å². The lowest BCUT2D eigenvalue weighted by Crippen LogP contribution is -2.39. The monoisotopic (exact) mass is 268 g/mol. The molecule has 0 fully saturated rings. The second kappa shape index (κ2) is 4.20. The topological polar surface area (TPSA) is 63.6 Å². The van der Waals surface area contributed by atoms with Crippen LogP contribution in [0.15, 0.2) is 48.5 Å². The summed E-state index contributed by atoms with van der Waals surface area (Å²) in [5, 5.41) is 9.73. The van der Waals surface area contributed by atoms with Crippen LogP contribution in [0.1, 0.15) is 18.1 Å². The van der Waals surface area contributed by atoms with Gasteiger partial charge in [-0.1, -0.05) is 48.5 Å². The zero-order valence-electron chi connectivity index (χ0n) is 10.8. The highest BCUT2D eigenvalue weighted by molar-refractivity contribution is 5.97. The number of esters is 1. The van der Waals surface area contributed by atoms with Gasteiger partial charge < -0.3 is 9.84 Å². The largest absolute Gasteiger partial charge is 0.478 e. The summed E-state index contributed by atoms with van der Waals surface area (Å²) in [5.41, 5.74) is 0.797. The van der Waals surface area contributed by atoms with E-state index in [2.05, 4.69) is 0 Å². The van der Waals surface area contributed by atoms with Crippen molar-refractivity contribution in [2.24, 2.45) is 0 Å². The molecule has 0 bridgehead atoms. The van der Waals surface area contributed by atoms with E-state index < -0.39 is 17.5 Å². The second-order valence-corrected chi connectivity index (χ2v) is 4.67. The Morgan fingerprint density at radius 1 is 0.950 bits per heavy atom. The fraction of sp³-hybridized carbons (Fsp3) is 0.125. The Hall–Kier alpha value is -2.62. The van der Waals surface area contributed by atoms with E-state index in [0.29, 0.717) is 11.1 Å². The standard InChI is InChI=1S/C16H12O4/c1-10(17)20-16(15(18)19)13-8-4-2-6-11(13)12-7-3-5-9-14(12)16/h2-9H,1H3,(H,18,19). The first-order valence-electron chi connectivity index (χ1n) is 6.19. The molecule has 4 heteroatoms. The van der Waals surface area contributed by atoms with Gasteiger partial charge in [0.15, 0.2) is 0 Å². The number of carboxylic acid groups (broad SMARTS) is 1. The van der Waals surface area contributed by atoms with Crippen LogP contribution in [0.2, 0.25) is 0 Å². The number of hydrogen-bond acceptors (Lipinski definition) is 3. The zero-order chi connectivity index (χ0) is 14.3. The number of hydrogen-bond donors (Lipinski definition) is 1. The molecule has 0 aliphatic heterocycles. The molecule has 2 aromatic carbocycles. The summed E-state index contributed by atoms with van der Waals surface area (Å²) in [6, 6.07) is 14.2. The number of carboxylic acids is 1. The lowest BCUT2D eigenvalue weighted by Gasteiger charge is -2.26. The molecular formula is C16H12O4. The van der Waals surface area contributed by atoms with Crippen molar-refractivity contribution in [1.82, 2.24) is 0 Å². The third-order valence-electron chi connectivity index (χ3n) is 3.50. The van der Waals surface area contributed by atoms with Gasteiger partial charge in [-0.25, -0.2) is 4.79 Å². The highest BCUT2D eigenvalue weighted by Gasteiger charge is 2.52. The average molecular weight is 268 g/mol. The summed E-state index contributed by atoms with van der Waals surface area (Å²) in [7, 11) is 0. The Balaban J connectivity index is 2.39. The first kappa shape index (κ1) is 12.4. The minimum Gasteiger partial charge on any atom is -0.478 e. The molecule has 0 saturated heterocycles. The lowest BCUT2D eigenvalue weighted by molar-refractivity contribution is -0.173. The SMILES string of the molecule is CC(=O)OC1(C(=O)O)c2ccccc2-c2ccccc21. The van der Waals surface area contributed by atoms with E-state index in [9.17, 15) is 14.7 Å². The maximum absolute atomic E-state index is 11.9. The second-order valence-electron chi connectivity index (χ2n) is 4.67. The number of rotatable bonds is 2. The Labute approximate surface area is 115 Å². The van der Waals surface area contributed by atoms with Gasteiger partial charge in [0.1, 0.15) is 0 Å². The molecule has 0 aromatic heterocycles. The molecule has 4 nitrogen and oxygen atoms in total. The fourth-order valence-electron chi connectivity index (χ4n) is 2.79. The smallest absolute Gasteiger partial charge is 0.357 e. The van der Waals surface area contributed by atoms with E-state index in [0.717, 1.165) is 11.1 Å². The molecule has 1 aliphatic carbocycles. The lowest BCUT2D eigenvalue weighted by atomic mass is 9.91. The quantitative estimate of drug-likeness (QED) is 0.850. The first-order valence-corrected chi connectivity index (χ1v) is 6.19. The van der Waals surface area contributed by atoms with Crippen molar-refractivity contribution < 1.29 is 19.4 Å². The van der Waals surface area contributed by atoms with Crippen molar-refractivity contribution in [3.8, 4) is 11.1 Å². The maximum Gasteiger partial charge on any atom is 0.357 e. The Kier molecular flexibility index (Phi) is 2.61. The van der Waals surface area contributed by atoms with E-state index in [1.54, 1.807) is 24.3 Å². The van der Waals surface area contributed by atoms with E-state index in [4.69, 9.17) is 4.74 Å². The van der Waals surface area contributed by atoms with E-state index in [1.165, 1.54) is 6.92 Å². The van der Waals surface area contributed by atoms with Crippen LogP contribution >= 0.6 is 0 Å². The minimum absolute atomic E-state index is 0.490. The molecule has 0 unspecified atom stereocenters. The number of benzene rings is 2. The summed E-state index contributed by atoms with van der Waals surface area (Å²) in [6.45, 7) is 1.22. The number of ether oxygens (including phenoxy) is 1. The summed E-state index contributed by atoms with van der Waals surface area (Å²) in [6.07, 6.45) is 0. The molecule has 0 atom stereocenters. The number of carbonyl (C=O) groups is 2. The van der Waals surface area contributed by atoms with Gasteiger partial charge in [-0.3, -0.25) is 4.79 Å². The first-order chi connectivity index (χ1) is 9.57. The van der Waals surface area contributed by atoms with Crippen molar-refractivity contribution in [1.29, 1.82) is 0 Å². The van der Waals surface area contributed by atoms with Gasteiger partial charge in [0.25, 0.3) is 5.60 Å². The van der Waals surface area contributed by atoms with Crippen LogP contribution in [0, 0.1) is 0 Å². The van der Waals surface area contributed by atoms with Crippen molar-refractivity contribution in [2.75, 3.05) is 0 Å². The van der Waals surface area contributed by atoms with Crippen molar-refractivity contribution in [2.45, 2.75) is 12.5 Å². The molecule has 0 spiro atoms. The molecule has 0 amide bonds. The summed E-state index contributed by atoms with van der Waals surface area (Å²) in [5.74, 6) is -1.82. The highest BCUT2D eigenvalue weighted by Crippen LogP contribution is 2.49. The van der Waals surface area contributed by atoms with Crippen LogP contribution in [-0.4, -0.2) is 17.0 Å². The van der Waals surface area contributed by atoms with E-state index in [-0.39, 0.29) is 0 Å². The molecule has 2 aromatic rings. The minimum atomic E-state index is -1.75. The molecule has 1 aliphatic rings. The molecule has 3 rings (SSSR count). The van der Waals surface area contributed by atoms with Gasteiger partial charge in [0.2, 0.25) is 0 Å². The van der Waals surface area contributed by atoms with Gasteiger partial charge in [0.05, 0.1) is 0 Å². The van der Waals surface area contributed by atoms with Crippen molar-refractivity contribution in [3.63, 3.8) is 0 Å². The van der Waals surface area contributed by atoms with Gasteiger partial charge in [0, 0.05) is 18.1 Å². The van der Waals surface area contributed by atoms with Crippen LogP contribution in [0.25, 0.3) is 11.1 Å². The Morgan fingerprint density at radius 2 is 1.40 bits per heavy atom. The number of fused-ring (bicyclic) bond motifs is 3. The third kappa shape index (κ3) is 1.48. The van der Waals surface area contributed by atoms with Crippen LogP contribution < -0.4 is 0 Å². The molecule has 100 valence electrons. The molecule has 0 heterocycles. The number of aliphatic carboxylic acids is 1. The fourth-order valence-corrected chi connectivity index (χ4v) is 2.79. The number of carbonyl (C=O) groups excluding carboxylic acids is 1. The van der Waals surface area contributed by atoms with Gasteiger partial charge in [-0.15, -0.1) is 0 Å². The van der Waals surface area contributed by atoms with Gasteiger partial charge in [-0.05, 0) is 11.1 Å². The Morgan fingerprint density at radius 3 is 1.80 bits per heavy atom. The Bertz CT molecular complexity index is 672. The third-order valence-corrected chi connectivity index (χ3v) is 3.50. The van der Waals surface area contributed by atoms with Gasteiger partial charge in [-0.2, -0.15) is 0 Å². The van der Waals surface area contributed by atoms with Crippen LogP contribution in [-0.2, 0) is 19.9 Å². The predicted molar refractivity (Wildman–Crippen MR) is 72.1 cm³/mol. The van der Waals surface area contributed by atoms with E-state index >= 15 is 0 Å². The molecule has 0 radical (unpaired) electrons. The summed E-state index contributed by atoms with van der Waals surface area (Å²) < 4.78 is 5.27. The average Bonchev–Trinajstić information content (AvgIpc) is 2.71. The van der Waals surface area contributed by atoms with Crippen molar-refractivity contribution in [3.05, 3.63) is 59.7 Å². The summed E-state index contributed by atoms with van der Waals surface area (Å²) in [4.78, 5) is 23.4. The molecule has 1 N–H and O–H groups in total. The van der Waals surface area contributed by atoms with Crippen molar-refractivity contribution >= 4 is 11.9 Å². The zero-order valence-corrected chi connectivity index (χ0v) is 10.8. The molecule has 20 heavy (non-hydrogen) atoms. The predicted octanol–water partition coefficient (Wildman–Crippen LogP) is 2.56. The molecule has 0 saturated carbocycles. The summed E-state index contributed by atoms with van der Waals surface area (Å²) >= 11 is 0. The highest BCUT2D eigenvalue weighted by atomic mass is 16.6. The van der Waals surface area contributed by atoms with Gasteiger partial charge >= 0.3 is 11.9 Å².